The monoisotopic (exact) mass is 399 g/mol. The van der Waals surface area contributed by atoms with Crippen molar-refractivity contribution in [1.29, 1.82) is 0 Å². The zero-order valence-corrected chi connectivity index (χ0v) is 17.0. The second kappa shape index (κ2) is 8.51. The lowest BCUT2D eigenvalue weighted by atomic mass is 9.89. The van der Waals surface area contributed by atoms with E-state index in [0.29, 0.717) is 12.4 Å². The van der Waals surface area contributed by atoms with Crippen LogP contribution in [0.15, 0.2) is 46.2 Å². The maximum atomic E-state index is 10.4. The number of hydrogen-bond donors (Lipinski definition) is 1. The summed E-state index contributed by atoms with van der Waals surface area (Å²) in [6.45, 7) is 2.22. The Labute approximate surface area is 168 Å². The van der Waals surface area contributed by atoms with E-state index in [-0.39, 0.29) is 6.10 Å². The van der Waals surface area contributed by atoms with Crippen LogP contribution in [0.4, 0.5) is 0 Å². The van der Waals surface area contributed by atoms with Gasteiger partial charge in [-0.1, -0.05) is 36.0 Å². The van der Waals surface area contributed by atoms with Gasteiger partial charge in [0.15, 0.2) is 11.0 Å². The van der Waals surface area contributed by atoms with E-state index in [4.69, 9.17) is 9.15 Å². The molecule has 2 atom stereocenters. The highest BCUT2D eigenvalue weighted by Crippen LogP contribution is 2.32. The molecule has 0 spiro atoms. The molecular formula is C21H25N3O3S. The molecule has 148 valence electrons. The molecule has 1 aliphatic carbocycles. The molecule has 3 aromatic rings. The zero-order chi connectivity index (χ0) is 19.5. The lowest BCUT2D eigenvalue weighted by Crippen LogP contribution is -2.22. The maximum Gasteiger partial charge on any atom is 0.191 e. The first-order valence-corrected chi connectivity index (χ1v) is 10.6. The Morgan fingerprint density at radius 1 is 1.32 bits per heavy atom. The molecule has 28 heavy (non-hydrogen) atoms. The molecule has 6 nitrogen and oxygen atoms in total. The van der Waals surface area contributed by atoms with Crippen LogP contribution in [0, 0.1) is 6.92 Å². The van der Waals surface area contributed by atoms with Crippen molar-refractivity contribution in [1.82, 2.24) is 14.8 Å². The quantitative estimate of drug-likeness (QED) is 0.607. The molecule has 2 heterocycles. The summed E-state index contributed by atoms with van der Waals surface area (Å²) >= 11 is 1.48. The topological polar surface area (TPSA) is 73.3 Å². The van der Waals surface area contributed by atoms with E-state index in [1.165, 1.54) is 22.9 Å². The van der Waals surface area contributed by atoms with Crippen LogP contribution in [0.2, 0.25) is 0 Å². The Morgan fingerprint density at radius 3 is 3.00 bits per heavy atom. The van der Waals surface area contributed by atoms with Gasteiger partial charge in [-0.15, -0.1) is 10.2 Å². The molecule has 1 N–H and O–H groups in total. The Bertz CT molecular complexity index is 937. The van der Waals surface area contributed by atoms with Crippen molar-refractivity contribution >= 4 is 11.8 Å². The van der Waals surface area contributed by atoms with Gasteiger partial charge in [0.1, 0.15) is 5.76 Å². The van der Waals surface area contributed by atoms with E-state index in [1.54, 1.807) is 6.26 Å². The molecule has 0 radical (unpaired) electrons. The minimum absolute atomic E-state index is 0.0788. The lowest BCUT2D eigenvalue weighted by molar-refractivity contribution is -0.00960. The number of aliphatic hydroxyl groups excluding tert-OH is 1. The van der Waals surface area contributed by atoms with Gasteiger partial charge in [-0.25, -0.2) is 0 Å². The number of ether oxygens (including phenoxy) is 1. The molecule has 1 aliphatic rings. The van der Waals surface area contributed by atoms with Crippen molar-refractivity contribution in [2.75, 3.05) is 12.4 Å². The average Bonchev–Trinajstić information content (AvgIpc) is 3.29. The van der Waals surface area contributed by atoms with Gasteiger partial charge < -0.3 is 18.8 Å². The van der Waals surface area contributed by atoms with Gasteiger partial charge in [-0.05, 0) is 43.4 Å². The van der Waals surface area contributed by atoms with Crippen LogP contribution in [0.3, 0.4) is 0 Å². The van der Waals surface area contributed by atoms with Crippen LogP contribution < -0.4 is 0 Å². The second-order valence-corrected chi connectivity index (χ2v) is 8.12. The third kappa shape index (κ3) is 4.01. The van der Waals surface area contributed by atoms with E-state index in [0.717, 1.165) is 41.6 Å². The summed E-state index contributed by atoms with van der Waals surface area (Å²) in [5.41, 5.74) is 3.56. The summed E-state index contributed by atoms with van der Waals surface area (Å²) in [7, 11) is 1.92. The van der Waals surface area contributed by atoms with Gasteiger partial charge >= 0.3 is 0 Å². The van der Waals surface area contributed by atoms with Crippen LogP contribution in [-0.4, -0.2) is 38.3 Å². The first-order chi connectivity index (χ1) is 13.6. The van der Waals surface area contributed by atoms with E-state index in [9.17, 15) is 5.11 Å². The lowest BCUT2D eigenvalue weighted by Gasteiger charge is -2.26. The van der Waals surface area contributed by atoms with Crippen molar-refractivity contribution in [3.8, 4) is 11.4 Å². The molecule has 0 unspecified atom stereocenters. The maximum absolute atomic E-state index is 10.4. The molecule has 0 fully saturated rings. The first-order valence-electron chi connectivity index (χ1n) is 9.57. The van der Waals surface area contributed by atoms with E-state index < -0.39 is 6.10 Å². The van der Waals surface area contributed by atoms with E-state index >= 15 is 0 Å². The summed E-state index contributed by atoms with van der Waals surface area (Å²) in [6, 6.07) is 10.3. The Balaban J connectivity index is 1.32. The molecule has 0 saturated heterocycles. The Morgan fingerprint density at radius 2 is 2.18 bits per heavy atom. The highest BCUT2D eigenvalue weighted by molar-refractivity contribution is 7.99. The molecule has 7 heteroatoms. The average molecular weight is 400 g/mol. The third-order valence-electron chi connectivity index (χ3n) is 5.14. The summed E-state index contributed by atoms with van der Waals surface area (Å²) in [6.07, 6.45) is 4.41. The SMILES string of the molecule is Cc1occc1-c1nnc(SC[C@H](O)CO[C@H]2CCCc3ccccc32)n1C. The molecule has 4 rings (SSSR count). The van der Waals surface area contributed by atoms with Gasteiger partial charge in [-0.2, -0.15) is 0 Å². The number of hydrogen-bond acceptors (Lipinski definition) is 6. The van der Waals surface area contributed by atoms with Gasteiger partial charge in [0.25, 0.3) is 0 Å². The van der Waals surface area contributed by atoms with Gasteiger partial charge in [-0.3, -0.25) is 0 Å². The van der Waals surface area contributed by atoms with Crippen LogP contribution in [0.5, 0.6) is 0 Å². The molecule has 1 aromatic carbocycles. The normalized spacial score (nSPS) is 17.5. The van der Waals surface area contributed by atoms with Crippen LogP contribution in [0.25, 0.3) is 11.4 Å². The van der Waals surface area contributed by atoms with Gasteiger partial charge in [0.05, 0.1) is 30.6 Å². The zero-order valence-electron chi connectivity index (χ0n) is 16.2. The van der Waals surface area contributed by atoms with Crippen LogP contribution in [0.1, 0.15) is 35.8 Å². The summed E-state index contributed by atoms with van der Waals surface area (Å²) in [5.74, 6) is 2.08. The largest absolute Gasteiger partial charge is 0.469 e. The number of furan rings is 1. The number of nitrogens with zero attached hydrogens (tertiary/aromatic N) is 3. The predicted octanol–water partition coefficient (Wildman–Crippen LogP) is 3.93. The van der Waals surface area contributed by atoms with Crippen LogP contribution in [-0.2, 0) is 18.2 Å². The summed E-state index contributed by atoms with van der Waals surface area (Å²) in [4.78, 5) is 0. The van der Waals surface area contributed by atoms with E-state index in [1.807, 2.05) is 24.6 Å². The fraction of sp³-hybridized carbons (Fsp3) is 0.429. The van der Waals surface area contributed by atoms with Crippen molar-refractivity contribution in [2.24, 2.45) is 7.05 Å². The third-order valence-corrected chi connectivity index (χ3v) is 6.31. The Hall–Kier alpha value is -2.09. The standard InChI is InChI=1S/C21H25N3O3S/c1-14-17(10-11-26-14)20-22-23-21(24(20)2)28-13-16(25)12-27-19-9-5-7-15-6-3-4-8-18(15)19/h3-4,6,8,10-11,16,19,25H,5,7,9,12-13H2,1-2H3/t16-,19+/m1/s1. The predicted molar refractivity (Wildman–Crippen MR) is 108 cm³/mol. The smallest absolute Gasteiger partial charge is 0.191 e. The summed E-state index contributed by atoms with van der Waals surface area (Å²) < 4.78 is 13.3. The molecule has 0 amide bonds. The number of fused-ring (bicyclic) bond motifs is 1. The number of aromatic nitrogens is 3. The minimum atomic E-state index is -0.560. The molecule has 0 bridgehead atoms. The fourth-order valence-electron chi connectivity index (χ4n) is 3.62. The number of aliphatic hydroxyl groups is 1. The van der Waals surface area contributed by atoms with Crippen LogP contribution >= 0.6 is 11.8 Å². The van der Waals surface area contributed by atoms with Gasteiger partial charge in [0.2, 0.25) is 0 Å². The highest BCUT2D eigenvalue weighted by atomic mass is 32.2. The second-order valence-electron chi connectivity index (χ2n) is 7.13. The summed E-state index contributed by atoms with van der Waals surface area (Å²) in [5, 5.41) is 19.7. The van der Waals surface area contributed by atoms with Crippen molar-refractivity contribution < 1.29 is 14.3 Å². The van der Waals surface area contributed by atoms with Crippen molar-refractivity contribution in [2.45, 2.75) is 43.6 Å². The molecular weight excluding hydrogens is 374 g/mol. The first kappa shape index (κ1) is 19.2. The van der Waals surface area contributed by atoms with E-state index in [2.05, 4.69) is 34.5 Å². The number of rotatable bonds is 7. The van der Waals surface area contributed by atoms with Gasteiger partial charge in [0, 0.05) is 12.8 Å². The number of benzene rings is 1. The molecule has 0 aliphatic heterocycles. The Kier molecular flexibility index (Phi) is 5.85. The van der Waals surface area contributed by atoms with Crippen molar-refractivity contribution in [3.05, 3.63) is 53.5 Å². The van der Waals surface area contributed by atoms with Crippen molar-refractivity contribution in [3.63, 3.8) is 0 Å². The molecule has 0 saturated carbocycles. The number of aryl methyl sites for hydroxylation is 2. The highest BCUT2D eigenvalue weighted by Gasteiger charge is 2.22. The minimum Gasteiger partial charge on any atom is -0.469 e. The fourth-order valence-corrected chi connectivity index (χ4v) is 4.44. The molecule has 2 aromatic heterocycles. The number of thioether (sulfide) groups is 1.